The molecule has 2 heterocycles. The van der Waals surface area contributed by atoms with Crippen LogP contribution in [0.2, 0.25) is 0 Å². The largest absolute Gasteiger partial charge is 0.443 e. The number of hydrogen-bond acceptors (Lipinski definition) is 7. The first kappa shape index (κ1) is 29.2. The number of rotatable bonds is 1. The highest BCUT2D eigenvalue weighted by Gasteiger charge is 2.28. The molecule has 3 aromatic rings. The molecule has 202 valence electrons. The van der Waals surface area contributed by atoms with Crippen LogP contribution in [0.1, 0.15) is 56.0 Å². The predicted molar refractivity (Wildman–Crippen MR) is 147 cm³/mol. The Kier molecular flexibility index (Phi) is 8.59. The van der Waals surface area contributed by atoms with Gasteiger partial charge in [0, 0.05) is 37.4 Å². The van der Waals surface area contributed by atoms with Crippen molar-refractivity contribution in [3.05, 3.63) is 64.3 Å². The molecule has 0 atom stereocenters. The van der Waals surface area contributed by atoms with Crippen molar-refractivity contribution in [1.29, 1.82) is 0 Å². The van der Waals surface area contributed by atoms with E-state index < -0.39 is 22.2 Å². The van der Waals surface area contributed by atoms with Gasteiger partial charge in [0.15, 0.2) is 0 Å². The second-order valence-corrected chi connectivity index (χ2v) is 10.4. The van der Waals surface area contributed by atoms with Gasteiger partial charge in [0.1, 0.15) is 11.2 Å². The van der Waals surface area contributed by atoms with Gasteiger partial charge < -0.3 is 15.2 Å². The molecule has 4 rings (SSSR count). The van der Waals surface area contributed by atoms with Gasteiger partial charge in [-0.3, -0.25) is 19.6 Å². The maximum atomic E-state index is 12.0. The zero-order valence-corrected chi connectivity index (χ0v) is 21.4. The first-order chi connectivity index (χ1) is 16.6. The van der Waals surface area contributed by atoms with Crippen LogP contribution in [0, 0.1) is 10.1 Å². The number of carbonyl (C=O) groups is 2. The van der Waals surface area contributed by atoms with Crippen molar-refractivity contribution in [2.75, 3.05) is 17.2 Å². The number of non-ortho nitro benzene ring substituents is 1. The van der Waals surface area contributed by atoms with Crippen LogP contribution < -0.4 is 10.6 Å². The maximum Gasteiger partial charge on any atom is 0.418 e. The number of nitro groups is 1. The molecule has 1 aliphatic rings. The molecular formula is C27H38N4O6. The minimum Gasteiger partial charge on any atom is -0.443 e. The van der Waals surface area contributed by atoms with E-state index in [1.54, 1.807) is 44.0 Å². The number of amides is 1. The summed E-state index contributed by atoms with van der Waals surface area (Å²) in [5, 5.41) is 11.5. The van der Waals surface area contributed by atoms with E-state index in [9.17, 15) is 19.7 Å². The lowest BCUT2D eigenvalue weighted by molar-refractivity contribution is -0.384. The Morgan fingerprint density at radius 2 is 1.59 bits per heavy atom. The lowest BCUT2D eigenvalue weighted by Gasteiger charge is -2.24. The van der Waals surface area contributed by atoms with Crippen molar-refractivity contribution >= 4 is 40.2 Å². The van der Waals surface area contributed by atoms with Crippen LogP contribution in [-0.4, -0.2) is 39.4 Å². The third kappa shape index (κ3) is 7.45. The fourth-order valence-corrected chi connectivity index (χ4v) is 3.60. The number of aromatic nitrogens is 1. The van der Waals surface area contributed by atoms with Gasteiger partial charge in [0.05, 0.1) is 16.1 Å². The number of benzene rings is 2. The summed E-state index contributed by atoms with van der Waals surface area (Å²) >= 11 is 0. The number of nitro benzene ring substituents is 1. The van der Waals surface area contributed by atoms with E-state index in [0.29, 0.717) is 17.7 Å². The van der Waals surface area contributed by atoms with Crippen LogP contribution in [0.5, 0.6) is 0 Å². The molecular weight excluding hydrogens is 476 g/mol. The fourth-order valence-electron chi connectivity index (χ4n) is 3.60. The summed E-state index contributed by atoms with van der Waals surface area (Å²) < 4.78 is 11.9. The number of carbonyl (C=O) groups excluding carboxylic acids is 2. The average molecular weight is 515 g/mol. The van der Waals surface area contributed by atoms with Crippen LogP contribution in [0.4, 0.5) is 26.7 Å². The van der Waals surface area contributed by atoms with E-state index >= 15 is 0 Å². The van der Waals surface area contributed by atoms with E-state index in [2.05, 4.69) is 0 Å². The normalized spacial score (nSPS) is 12.6. The number of fused-ring (bicyclic) bond motifs is 2. The second kappa shape index (κ2) is 10.9. The Balaban J connectivity index is 0.000000363. The van der Waals surface area contributed by atoms with Gasteiger partial charge in [0.25, 0.3) is 5.69 Å². The fraction of sp³-hybridized carbons (Fsp3) is 0.407. The van der Waals surface area contributed by atoms with Crippen molar-refractivity contribution < 1.29 is 25.4 Å². The molecule has 0 aliphatic carbocycles. The zero-order valence-electron chi connectivity index (χ0n) is 21.4. The topological polar surface area (TPSA) is 130 Å². The Morgan fingerprint density at radius 1 is 0.973 bits per heavy atom. The number of anilines is 2. The Hall–Kier alpha value is -4.08. The number of ether oxygens (including phenoxy) is 2. The molecule has 0 saturated carbocycles. The predicted octanol–water partition coefficient (Wildman–Crippen LogP) is 6.78. The quantitative estimate of drug-likeness (QED) is 0.215. The first-order valence-corrected chi connectivity index (χ1v) is 11.5. The third-order valence-corrected chi connectivity index (χ3v) is 5.10. The summed E-state index contributed by atoms with van der Waals surface area (Å²) in [5.74, 6) is 0. The summed E-state index contributed by atoms with van der Waals surface area (Å²) in [6.45, 7) is 11.5. The highest BCUT2D eigenvalue weighted by Crippen LogP contribution is 2.31. The molecule has 0 spiro atoms. The standard InChI is InChI=1S/C13H14N2O4.C13H18N2O2.CH4.H2/c1-13(2,3)19-12(16)14-7-6-9-4-5-10(15(17)18)8-11(9)14;1-13(2,3)17-12(16)15-7-6-9-4-5-10(14)8-11(9)15;;/h4-8H,1-3H3;4-5,8H,6-7,14H2,1-3H3;1H4;1H. The van der Waals surface area contributed by atoms with E-state index in [1.807, 2.05) is 39.0 Å². The highest BCUT2D eigenvalue weighted by molar-refractivity contribution is 5.92. The number of hydrogen-bond donors (Lipinski definition) is 1. The Morgan fingerprint density at radius 3 is 2.19 bits per heavy atom. The zero-order chi connectivity index (χ0) is 26.8. The SMILES string of the molecule is C.CC(C)(C)OC(=O)N1CCc2ccc(N)cc21.CC(C)(C)OC(=O)n1ccc2ccc([N+](=O)[O-])cc21.[HH]. The van der Waals surface area contributed by atoms with Gasteiger partial charge in [0.2, 0.25) is 0 Å². The molecule has 0 radical (unpaired) electrons. The average Bonchev–Trinajstić information content (AvgIpc) is 3.35. The second-order valence-electron chi connectivity index (χ2n) is 10.4. The molecule has 1 amide bonds. The smallest absolute Gasteiger partial charge is 0.418 e. The van der Waals surface area contributed by atoms with Crippen molar-refractivity contribution in [3.8, 4) is 0 Å². The van der Waals surface area contributed by atoms with Crippen molar-refractivity contribution in [2.24, 2.45) is 0 Å². The summed E-state index contributed by atoms with van der Waals surface area (Å²) in [7, 11) is 0. The van der Waals surface area contributed by atoms with Crippen LogP contribution >= 0.6 is 0 Å². The lowest BCUT2D eigenvalue weighted by atomic mass is 10.1. The molecule has 10 heteroatoms. The molecule has 2 aromatic carbocycles. The minimum atomic E-state index is -0.617. The van der Waals surface area contributed by atoms with E-state index in [1.165, 1.54) is 16.7 Å². The molecule has 0 bridgehead atoms. The van der Waals surface area contributed by atoms with Crippen molar-refractivity contribution in [1.82, 2.24) is 4.57 Å². The summed E-state index contributed by atoms with van der Waals surface area (Å²) in [4.78, 5) is 35.9. The molecule has 0 fully saturated rings. The highest BCUT2D eigenvalue weighted by atomic mass is 16.6. The maximum absolute atomic E-state index is 12.0. The van der Waals surface area contributed by atoms with Crippen molar-refractivity contribution in [3.63, 3.8) is 0 Å². The molecule has 37 heavy (non-hydrogen) atoms. The third-order valence-electron chi connectivity index (χ3n) is 5.10. The van der Waals surface area contributed by atoms with Gasteiger partial charge in [-0.15, -0.1) is 0 Å². The summed E-state index contributed by atoms with van der Waals surface area (Å²) in [6.07, 6.45) is 1.54. The van der Waals surface area contributed by atoms with Gasteiger partial charge in [-0.2, -0.15) is 0 Å². The molecule has 1 aromatic heterocycles. The van der Waals surface area contributed by atoms with Gasteiger partial charge in [-0.1, -0.05) is 13.5 Å². The van der Waals surface area contributed by atoms with Gasteiger partial charge in [-0.25, -0.2) is 9.59 Å². The minimum absolute atomic E-state index is 0. The van der Waals surface area contributed by atoms with Gasteiger partial charge >= 0.3 is 12.2 Å². The number of nitrogens with zero attached hydrogens (tertiary/aromatic N) is 3. The van der Waals surface area contributed by atoms with Crippen LogP contribution in [0.15, 0.2) is 48.7 Å². The lowest BCUT2D eigenvalue weighted by Crippen LogP contribution is -2.35. The summed E-state index contributed by atoms with van der Waals surface area (Å²) in [5.41, 5.74) is 7.74. The monoisotopic (exact) mass is 514 g/mol. The first-order valence-electron chi connectivity index (χ1n) is 11.5. The van der Waals surface area contributed by atoms with Crippen LogP contribution in [-0.2, 0) is 15.9 Å². The molecule has 0 unspecified atom stereocenters. The summed E-state index contributed by atoms with van der Waals surface area (Å²) in [6, 6.07) is 11.7. The van der Waals surface area contributed by atoms with Gasteiger partial charge in [-0.05, 0) is 77.8 Å². The molecule has 10 nitrogen and oxygen atoms in total. The van der Waals surface area contributed by atoms with E-state index in [0.717, 1.165) is 23.1 Å². The molecule has 0 saturated heterocycles. The number of nitrogen functional groups attached to an aromatic ring is 1. The van der Waals surface area contributed by atoms with E-state index in [-0.39, 0.29) is 20.6 Å². The Labute approximate surface area is 218 Å². The molecule has 1 aliphatic heterocycles. The number of nitrogens with two attached hydrogens (primary N) is 1. The van der Waals surface area contributed by atoms with Crippen LogP contribution in [0.25, 0.3) is 10.9 Å². The Bertz CT molecular complexity index is 1310. The van der Waals surface area contributed by atoms with E-state index in [4.69, 9.17) is 15.2 Å². The van der Waals surface area contributed by atoms with Crippen molar-refractivity contribution in [2.45, 2.75) is 66.6 Å². The molecule has 2 N–H and O–H groups in total. The van der Waals surface area contributed by atoms with Crippen LogP contribution in [0.3, 0.4) is 0 Å².